The number of rotatable bonds is 2. The van der Waals surface area contributed by atoms with Crippen molar-refractivity contribution in [3.63, 3.8) is 0 Å². The summed E-state index contributed by atoms with van der Waals surface area (Å²) in [5.74, 6) is 0. The van der Waals surface area contributed by atoms with Gasteiger partial charge in [-0.3, -0.25) is 0 Å². The highest BCUT2D eigenvalue weighted by atomic mass is 35.5. The third-order valence-electron chi connectivity index (χ3n) is 2.63. The van der Waals surface area contributed by atoms with Crippen LogP contribution in [0.3, 0.4) is 0 Å². The maximum Gasteiger partial charge on any atom is 0.425 e. The second-order valence-corrected chi connectivity index (χ2v) is 5.79. The lowest BCUT2D eigenvalue weighted by molar-refractivity contribution is -0.235. The van der Waals surface area contributed by atoms with E-state index in [1.165, 1.54) is 23.5 Å². The summed E-state index contributed by atoms with van der Waals surface area (Å²) in [7, 11) is 3.50. The number of alkyl halides is 4. The number of hydrogen-bond acceptors (Lipinski definition) is 0. The van der Waals surface area contributed by atoms with Gasteiger partial charge in [-0.15, -0.1) is 0 Å². The van der Waals surface area contributed by atoms with Crippen LogP contribution in [0.1, 0.15) is 5.56 Å². The first-order chi connectivity index (χ1) is 7.89. The lowest BCUT2D eigenvalue weighted by atomic mass is 9.35. The highest BCUT2D eigenvalue weighted by Gasteiger charge is 2.63. The Balaban J connectivity index is 3.55. The zero-order valence-electron chi connectivity index (χ0n) is 9.92. The molecule has 0 aliphatic rings. The van der Waals surface area contributed by atoms with Crippen molar-refractivity contribution in [2.75, 3.05) is 0 Å². The molecule has 0 heterocycles. The van der Waals surface area contributed by atoms with E-state index in [-0.39, 0.29) is 10.0 Å². The van der Waals surface area contributed by atoms with Crippen molar-refractivity contribution in [1.29, 1.82) is 0 Å². The minimum Gasteiger partial charge on any atom is -0.230 e. The summed E-state index contributed by atoms with van der Waals surface area (Å²) >= 11 is 11.2. The van der Waals surface area contributed by atoms with Gasteiger partial charge in [0.15, 0.2) is 0 Å². The van der Waals surface area contributed by atoms with Crippen molar-refractivity contribution in [3.8, 4) is 0 Å². The number of hydrogen-bond donors (Lipinski definition) is 0. The highest BCUT2D eigenvalue weighted by Crippen LogP contribution is 2.54. The largest absolute Gasteiger partial charge is 0.425 e. The molecular weight excluding hydrogens is 287 g/mol. The van der Waals surface area contributed by atoms with E-state index in [1.807, 2.05) is 0 Å². The van der Waals surface area contributed by atoms with Gasteiger partial charge in [-0.2, -0.15) is 13.2 Å². The molecule has 0 spiro atoms. The van der Waals surface area contributed by atoms with E-state index in [9.17, 15) is 17.6 Å². The molecule has 1 aromatic carbocycles. The third kappa shape index (κ3) is 2.67. The Morgan fingerprint density at radius 3 is 1.61 bits per heavy atom. The quantitative estimate of drug-likeness (QED) is 0.573. The maximum atomic E-state index is 14.6. The molecule has 0 saturated heterocycles. The van der Waals surface area contributed by atoms with Crippen molar-refractivity contribution < 1.29 is 17.6 Å². The standard InChI is InChI=1S/C9H8B3Cl2F4/c10-8(11,12)7(15,9(16,17)18)4-1-5(13)3-6(14)2-4/h1-2H,10-12H2. The Labute approximate surface area is 115 Å². The van der Waals surface area contributed by atoms with Gasteiger partial charge in [-0.1, -0.05) is 28.3 Å². The van der Waals surface area contributed by atoms with Gasteiger partial charge in [0, 0.05) is 6.07 Å². The molecule has 0 aliphatic heterocycles. The van der Waals surface area contributed by atoms with Crippen LogP contribution in [-0.2, 0) is 5.67 Å². The molecule has 0 nitrogen and oxygen atoms in total. The van der Waals surface area contributed by atoms with E-state index in [0.717, 1.165) is 12.1 Å². The molecule has 18 heavy (non-hydrogen) atoms. The van der Waals surface area contributed by atoms with Gasteiger partial charge >= 0.3 is 6.18 Å². The smallest absolute Gasteiger partial charge is 0.230 e. The molecule has 1 radical (unpaired) electrons. The van der Waals surface area contributed by atoms with Crippen LogP contribution < -0.4 is 0 Å². The molecule has 0 aliphatic carbocycles. The molecule has 1 atom stereocenters. The molecule has 1 aromatic rings. The van der Waals surface area contributed by atoms with Crippen LogP contribution in [0.5, 0.6) is 0 Å². The average molecular weight is 295 g/mol. The van der Waals surface area contributed by atoms with Crippen LogP contribution in [0.2, 0.25) is 15.2 Å². The summed E-state index contributed by atoms with van der Waals surface area (Å²) < 4.78 is 53.9. The van der Waals surface area contributed by atoms with Crippen molar-refractivity contribution >= 4 is 46.7 Å². The normalized spacial score (nSPS) is 16.3. The number of benzene rings is 1. The van der Waals surface area contributed by atoms with Gasteiger partial charge < -0.3 is 0 Å². The lowest BCUT2D eigenvalue weighted by Gasteiger charge is -2.40. The van der Waals surface area contributed by atoms with E-state index in [2.05, 4.69) is 6.07 Å². The Morgan fingerprint density at radius 1 is 0.944 bits per heavy atom. The molecule has 1 unspecified atom stereocenters. The Morgan fingerprint density at radius 2 is 1.33 bits per heavy atom. The second-order valence-electron chi connectivity index (χ2n) is 4.97. The van der Waals surface area contributed by atoms with Crippen LogP contribution in [0.4, 0.5) is 17.6 Å². The Hall–Kier alpha value is -0.285. The summed E-state index contributed by atoms with van der Waals surface area (Å²) in [4.78, 5) is 0. The lowest BCUT2D eigenvalue weighted by Crippen LogP contribution is -2.49. The summed E-state index contributed by atoms with van der Waals surface area (Å²) in [6, 6.07) is 4.17. The van der Waals surface area contributed by atoms with Crippen molar-refractivity contribution in [2.45, 2.75) is 17.0 Å². The molecule has 0 bridgehead atoms. The van der Waals surface area contributed by atoms with E-state index in [1.54, 1.807) is 0 Å². The number of halogens is 6. The van der Waals surface area contributed by atoms with E-state index in [4.69, 9.17) is 23.2 Å². The van der Waals surface area contributed by atoms with Crippen LogP contribution in [0.25, 0.3) is 0 Å². The molecule has 1 rings (SSSR count). The zero-order chi connectivity index (χ0) is 14.4. The van der Waals surface area contributed by atoms with E-state index in [0.29, 0.717) is 0 Å². The predicted octanol–water partition coefficient (Wildman–Crippen LogP) is 1.49. The minimum atomic E-state index is -5.07. The van der Waals surface area contributed by atoms with Gasteiger partial charge in [0.1, 0.15) is 0 Å². The van der Waals surface area contributed by atoms with Gasteiger partial charge in [-0.05, 0) is 17.7 Å². The van der Waals surface area contributed by atoms with Crippen molar-refractivity contribution in [2.24, 2.45) is 0 Å². The molecule has 0 aromatic heterocycles. The predicted molar refractivity (Wildman–Crippen MR) is 72.5 cm³/mol. The third-order valence-corrected chi connectivity index (χ3v) is 3.03. The summed E-state index contributed by atoms with van der Waals surface area (Å²) in [5.41, 5.74) is -4.15. The zero-order valence-corrected chi connectivity index (χ0v) is 11.4. The monoisotopic (exact) mass is 295 g/mol. The van der Waals surface area contributed by atoms with Crippen LogP contribution >= 0.6 is 23.2 Å². The molecule has 9 heteroatoms. The van der Waals surface area contributed by atoms with Gasteiger partial charge in [0.25, 0.3) is 0 Å². The van der Waals surface area contributed by atoms with Crippen molar-refractivity contribution in [3.05, 3.63) is 33.8 Å². The van der Waals surface area contributed by atoms with Crippen LogP contribution in [0.15, 0.2) is 12.1 Å². The molecule has 0 fully saturated rings. The topological polar surface area (TPSA) is 0 Å². The molecule has 0 saturated carbocycles. The van der Waals surface area contributed by atoms with Gasteiger partial charge in [0.2, 0.25) is 5.67 Å². The first kappa shape index (κ1) is 15.8. The van der Waals surface area contributed by atoms with Gasteiger partial charge in [0.05, 0.1) is 33.6 Å². The summed E-state index contributed by atoms with van der Waals surface area (Å²) in [6.07, 6.45) is -5.07. The second kappa shape index (κ2) is 4.67. The van der Waals surface area contributed by atoms with E-state index >= 15 is 0 Å². The first-order valence-electron chi connectivity index (χ1n) is 5.04. The van der Waals surface area contributed by atoms with Crippen molar-refractivity contribution in [1.82, 2.24) is 0 Å². The minimum absolute atomic E-state index is 0.159. The van der Waals surface area contributed by atoms with Crippen LogP contribution in [-0.4, -0.2) is 29.7 Å². The van der Waals surface area contributed by atoms with Gasteiger partial charge in [-0.25, -0.2) is 4.39 Å². The Bertz CT molecular complexity index is 422. The molecule has 0 amide bonds. The SMILES string of the molecule is BC(B)(B)C(F)(c1cc(Cl)[c]c(Cl)c1)C(F)(F)F. The first-order valence-corrected chi connectivity index (χ1v) is 5.79. The van der Waals surface area contributed by atoms with Crippen LogP contribution in [0, 0.1) is 6.07 Å². The Kier molecular flexibility index (Phi) is 4.10. The molecule has 95 valence electrons. The fraction of sp³-hybridized carbons (Fsp3) is 0.333. The highest BCUT2D eigenvalue weighted by molar-refractivity contribution is 6.59. The fourth-order valence-corrected chi connectivity index (χ4v) is 2.21. The maximum absolute atomic E-state index is 14.6. The molecular formula is C9H8B3Cl2F4. The summed E-state index contributed by atoms with van der Waals surface area (Å²) in [6.45, 7) is 0. The summed E-state index contributed by atoms with van der Waals surface area (Å²) in [5, 5.41) is -2.01. The molecule has 0 N–H and O–H groups in total. The van der Waals surface area contributed by atoms with E-state index < -0.39 is 22.5 Å². The average Bonchev–Trinajstić information content (AvgIpc) is 2.11. The fourth-order valence-electron chi connectivity index (χ4n) is 1.72.